The molecular formula is C29H20BrIN2O4. The Morgan fingerprint density at radius 1 is 0.946 bits per heavy atom. The van der Waals surface area contributed by atoms with Crippen molar-refractivity contribution in [3.05, 3.63) is 102 Å². The van der Waals surface area contributed by atoms with Gasteiger partial charge in [-0.1, -0.05) is 40.2 Å². The summed E-state index contributed by atoms with van der Waals surface area (Å²) in [6.45, 7) is 0.387. The Bertz CT molecular complexity index is 1570. The maximum absolute atomic E-state index is 13.3. The number of benzene rings is 4. The van der Waals surface area contributed by atoms with Crippen molar-refractivity contribution in [2.75, 3.05) is 7.11 Å². The molecule has 0 saturated carbocycles. The van der Waals surface area contributed by atoms with Gasteiger partial charge in [-0.25, -0.2) is 0 Å². The smallest absolute Gasteiger partial charge is 0.282 e. The number of hydrogen-bond acceptors (Lipinski definition) is 5. The Hall–Kier alpha value is -3.24. The second-order valence-corrected chi connectivity index (χ2v) is 11.0. The minimum absolute atomic E-state index is 0.387. The number of aryl methyl sites for hydroxylation is 2. The number of imide groups is 1. The standard InChI is InChI=1S/C29H20BrIN2O4/c1-36-24-13-17(12-23(31)27(24)37-15-16-2-8-20(30)9-3-16)14-32-33-28(34)21-10-6-18-4-5-19-7-11-22(29(33)35)26(21)25(18)19/h2-3,6-14H,4-5,15H2,1H3/b32-14-. The van der Waals surface area contributed by atoms with E-state index in [-0.39, 0.29) is 0 Å². The molecule has 37 heavy (non-hydrogen) atoms. The molecule has 0 radical (unpaired) electrons. The van der Waals surface area contributed by atoms with Crippen LogP contribution in [0.4, 0.5) is 0 Å². The van der Waals surface area contributed by atoms with Crippen molar-refractivity contribution >= 4 is 67.3 Å². The maximum Gasteiger partial charge on any atom is 0.282 e. The lowest BCUT2D eigenvalue weighted by molar-refractivity contribution is 0.0616. The number of hydrogen-bond donors (Lipinski definition) is 0. The normalized spacial score (nSPS) is 14.2. The van der Waals surface area contributed by atoms with Gasteiger partial charge in [0.25, 0.3) is 11.8 Å². The molecule has 6 nitrogen and oxygen atoms in total. The van der Waals surface area contributed by atoms with Gasteiger partial charge in [-0.15, -0.1) is 0 Å². The zero-order valence-corrected chi connectivity index (χ0v) is 23.5. The Morgan fingerprint density at radius 3 is 2.22 bits per heavy atom. The molecule has 1 aliphatic heterocycles. The van der Waals surface area contributed by atoms with E-state index in [1.807, 2.05) is 54.6 Å². The van der Waals surface area contributed by atoms with Crippen LogP contribution in [-0.2, 0) is 19.4 Å². The summed E-state index contributed by atoms with van der Waals surface area (Å²) in [5, 5.41) is 7.08. The molecule has 0 bridgehead atoms. The van der Waals surface area contributed by atoms with E-state index in [1.165, 1.54) is 17.3 Å². The highest BCUT2D eigenvalue weighted by atomic mass is 127. The van der Waals surface area contributed by atoms with Crippen molar-refractivity contribution in [1.82, 2.24) is 5.01 Å². The Labute approximate surface area is 235 Å². The lowest BCUT2D eigenvalue weighted by atomic mass is 9.92. The van der Waals surface area contributed by atoms with E-state index >= 15 is 0 Å². The SMILES string of the molecule is COc1cc(/C=N\N2C(=O)c3ccc4c5c(ccc(c35)C2=O)CC4)cc(I)c1OCc1ccc(Br)cc1. The highest BCUT2D eigenvalue weighted by Gasteiger charge is 2.35. The van der Waals surface area contributed by atoms with Crippen LogP contribution in [-0.4, -0.2) is 30.1 Å². The minimum atomic E-state index is -0.416. The lowest BCUT2D eigenvalue weighted by Crippen LogP contribution is -2.36. The molecule has 0 saturated heterocycles. The van der Waals surface area contributed by atoms with Crippen LogP contribution in [0.3, 0.4) is 0 Å². The van der Waals surface area contributed by atoms with Crippen LogP contribution in [0, 0.1) is 3.57 Å². The van der Waals surface area contributed by atoms with Gasteiger partial charge in [-0.2, -0.15) is 10.1 Å². The summed E-state index contributed by atoms with van der Waals surface area (Å²) in [7, 11) is 1.57. The van der Waals surface area contributed by atoms with Crippen molar-refractivity contribution < 1.29 is 19.1 Å². The number of hydrazone groups is 1. The third-order valence-corrected chi connectivity index (χ3v) is 8.04. The fourth-order valence-corrected chi connectivity index (χ4v) is 5.97. The second-order valence-electron chi connectivity index (χ2n) is 8.91. The quantitative estimate of drug-likeness (QED) is 0.134. The van der Waals surface area contributed by atoms with Gasteiger partial charge in [-0.05, 0) is 99.5 Å². The van der Waals surface area contributed by atoms with Crippen LogP contribution < -0.4 is 9.47 Å². The van der Waals surface area contributed by atoms with E-state index in [0.29, 0.717) is 34.8 Å². The van der Waals surface area contributed by atoms with Crippen LogP contribution in [0.5, 0.6) is 11.5 Å². The highest BCUT2D eigenvalue weighted by Crippen LogP contribution is 2.39. The fourth-order valence-electron chi connectivity index (χ4n) is 4.93. The maximum atomic E-state index is 13.3. The number of ether oxygens (including phenoxy) is 2. The summed E-state index contributed by atoms with van der Waals surface area (Å²) in [6, 6.07) is 19.2. The first kappa shape index (κ1) is 24.1. The monoisotopic (exact) mass is 666 g/mol. The Kier molecular flexibility index (Phi) is 6.24. The minimum Gasteiger partial charge on any atom is -0.493 e. The number of nitrogens with zero attached hydrogens (tertiary/aromatic N) is 2. The van der Waals surface area contributed by atoms with E-state index in [9.17, 15) is 9.59 Å². The number of rotatable bonds is 6. The van der Waals surface area contributed by atoms with Gasteiger partial charge in [0, 0.05) is 9.86 Å². The molecule has 4 aromatic carbocycles. The molecule has 1 heterocycles. The predicted molar refractivity (Wildman–Crippen MR) is 154 cm³/mol. The summed E-state index contributed by atoms with van der Waals surface area (Å²) >= 11 is 5.62. The third kappa shape index (κ3) is 4.21. The Balaban J connectivity index is 1.28. The largest absolute Gasteiger partial charge is 0.493 e. The first-order valence-electron chi connectivity index (χ1n) is 11.7. The van der Waals surface area contributed by atoms with Gasteiger partial charge < -0.3 is 9.47 Å². The van der Waals surface area contributed by atoms with E-state index in [1.54, 1.807) is 13.2 Å². The van der Waals surface area contributed by atoms with Crippen LogP contribution >= 0.6 is 38.5 Å². The van der Waals surface area contributed by atoms with Crippen molar-refractivity contribution in [1.29, 1.82) is 0 Å². The highest BCUT2D eigenvalue weighted by molar-refractivity contribution is 14.1. The zero-order valence-electron chi connectivity index (χ0n) is 19.8. The van der Waals surface area contributed by atoms with Gasteiger partial charge in [-0.3, -0.25) is 9.59 Å². The number of carbonyl (C=O) groups excluding carboxylic acids is 2. The molecule has 0 spiro atoms. The molecule has 0 unspecified atom stereocenters. The number of halogens is 2. The lowest BCUT2D eigenvalue weighted by Gasteiger charge is -2.23. The average molecular weight is 667 g/mol. The van der Waals surface area contributed by atoms with Crippen LogP contribution in [0.15, 0.2) is 70.2 Å². The van der Waals surface area contributed by atoms with Gasteiger partial charge in [0.1, 0.15) is 6.61 Å². The van der Waals surface area contributed by atoms with Gasteiger partial charge in [0.2, 0.25) is 0 Å². The number of carbonyl (C=O) groups is 2. The topological polar surface area (TPSA) is 68.2 Å². The molecule has 2 aliphatic rings. The molecular weight excluding hydrogens is 647 g/mol. The molecule has 1 aliphatic carbocycles. The van der Waals surface area contributed by atoms with Crippen molar-refractivity contribution in [3.63, 3.8) is 0 Å². The van der Waals surface area contributed by atoms with Gasteiger partial charge >= 0.3 is 0 Å². The molecule has 0 aromatic heterocycles. The van der Waals surface area contributed by atoms with Gasteiger partial charge in [0.15, 0.2) is 11.5 Å². The molecule has 0 fully saturated rings. The number of amides is 2. The summed E-state index contributed by atoms with van der Waals surface area (Å²) < 4.78 is 13.5. The van der Waals surface area contributed by atoms with Crippen LogP contribution in [0.25, 0.3) is 10.8 Å². The summed E-state index contributed by atoms with van der Waals surface area (Å²) in [5.74, 6) is 0.322. The van der Waals surface area contributed by atoms with Crippen molar-refractivity contribution in [2.24, 2.45) is 5.10 Å². The molecule has 6 rings (SSSR count). The average Bonchev–Trinajstić information content (AvgIpc) is 3.33. The second kappa shape index (κ2) is 9.57. The van der Waals surface area contributed by atoms with E-state index in [0.717, 1.165) is 42.2 Å². The molecule has 0 N–H and O–H groups in total. The third-order valence-electron chi connectivity index (χ3n) is 6.71. The van der Waals surface area contributed by atoms with Crippen molar-refractivity contribution in [2.45, 2.75) is 19.4 Å². The predicted octanol–water partition coefficient (Wildman–Crippen LogP) is 6.52. The summed E-state index contributed by atoms with van der Waals surface area (Å²) in [6.07, 6.45) is 3.37. The Morgan fingerprint density at radius 2 is 1.59 bits per heavy atom. The van der Waals surface area contributed by atoms with E-state index < -0.39 is 11.8 Å². The number of methoxy groups -OCH3 is 1. The first-order chi connectivity index (χ1) is 17.9. The van der Waals surface area contributed by atoms with Gasteiger partial charge in [0.05, 0.1) is 28.0 Å². The molecule has 184 valence electrons. The fraction of sp³-hybridized carbons (Fsp3) is 0.138. The summed E-state index contributed by atoms with van der Waals surface area (Å²) in [5.41, 5.74) is 5.11. The van der Waals surface area contributed by atoms with E-state index in [2.05, 4.69) is 43.6 Å². The zero-order chi connectivity index (χ0) is 25.7. The molecule has 4 aromatic rings. The summed E-state index contributed by atoms with van der Waals surface area (Å²) in [4.78, 5) is 26.6. The first-order valence-corrected chi connectivity index (χ1v) is 13.6. The van der Waals surface area contributed by atoms with Crippen LogP contribution in [0.2, 0.25) is 0 Å². The molecule has 0 atom stereocenters. The van der Waals surface area contributed by atoms with Crippen LogP contribution in [0.1, 0.15) is 43.0 Å². The van der Waals surface area contributed by atoms with Crippen molar-refractivity contribution in [3.8, 4) is 11.5 Å². The molecule has 8 heteroatoms. The molecule has 2 amide bonds. The van der Waals surface area contributed by atoms with E-state index in [4.69, 9.17) is 9.47 Å².